The Morgan fingerprint density at radius 1 is 1.40 bits per heavy atom. The molecule has 4 nitrogen and oxygen atoms in total. The van der Waals surface area contributed by atoms with E-state index >= 15 is 0 Å². The molecule has 0 aliphatic carbocycles. The fourth-order valence-corrected chi connectivity index (χ4v) is 2.38. The number of hydrogen-bond acceptors (Lipinski definition) is 3. The van der Waals surface area contributed by atoms with Gasteiger partial charge in [-0.1, -0.05) is 29.3 Å². The third-order valence-corrected chi connectivity index (χ3v) is 3.70. The molecule has 0 radical (unpaired) electrons. The van der Waals surface area contributed by atoms with Crippen molar-refractivity contribution in [2.24, 2.45) is 0 Å². The van der Waals surface area contributed by atoms with Gasteiger partial charge in [0.1, 0.15) is 5.15 Å². The number of halogens is 2. The summed E-state index contributed by atoms with van der Waals surface area (Å²) < 4.78 is 1.67. The smallest absolute Gasteiger partial charge is 0.137 e. The molecule has 1 atom stereocenters. The van der Waals surface area contributed by atoms with E-state index in [1.807, 2.05) is 32.0 Å². The topological polar surface area (TPSA) is 50.1 Å². The van der Waals surface area contributed by atoms with Crippen LogP contribution in [-0.2, 0) is 6.54 Å². The molecule has 1 heterocycles. The van der Waals surface area contributed by atoms with Crippen molar-refractivity contribution in [2.75, 3.05) is 6.61 Å². The molecule has 1 aromatic heterocycles. The highest BCUT2D eigenvalue weighted by atomic mass is 35.5. The van der Waals surface area contributed by atoms with Crippen molar-refractivity contribution < 1.29 is 5.11 Å². The van der Waals surface area contributed by atoms with E-state index in [0.29, 0.717) is 16.7 Å². The van der Waals surface area contributed by atoms with Crippen LogP contribution in [0.25, 0.3) is 5.69 Å². The number of aromatic nitrogens is 2. The summed E-state index contributed by atoms with van der Waals surface area (Å²) in [5.41, 5.74) is 2.60. The summed E-state index contributed by atoms with van der Waals surface area (Å²) in [4.78, 5) is 0. The Morgan fingerprint density at radius 3 is 2.80 bits per heavy atom. The lowest BCUT2D eigenvalue weighted by molar-refractivity contribution is 0.251. The Balaban J connectivity index is 2.29. The molecule has 0 fully saturated rings. The number of benzene rings is 1. The molecule has 0 saturated heterocycles. The molecule has 2 rings (SSSR count). The zero-order valence-corrected chi connectivity index (χ0v) is 12.9. The number of hydrogen-bond donors (Lipinski definition) is 2. The monoisotopic (exact) mass is 313 g/mol. The summed E-state index contributed by atoms with van der Waals surface area (Å²) in [6.07, 6.45) is 0. The van der Waals surface area contributed by atoms with Crippen LogP contribution in [0.5, 0.6) is 0 Å². The Kier molecular flexibility index (Phi) is 5.05. The second-order valence-electron chi connectivity index (χ2n) is 4.71. The summed E-state index contributed by atoms with van der Waals surface area (Å²) in [7, 11) is 0. The van der Waals surface area contributed by atoms with Crippen LogP contribution in [0, 0.1) is 6.92 Å². The maximum absolute atomic E-state index is 9.03. The van der Waals surface area contributed by atoms with Gasteiger partial charge in [0, 0.05) is 23.2 Å². The standard InChI is InChI=1S/C14H17Cl2N3O/c1-9(8-20)17-7-13-10(2)18-19(14(13)16)12-5-3-4-11(15)6-12/h3-6,9,17,20H,7-8H2,1-2H3. The first-order valence-corrected chi connectivity index (χ1v) is 7.12. The molecular formula is C14H17Cl2N3O. The Labute approximate surface area is 128 Å². The van der Waals surface area contributed by atoms with E-state index in [4.69, 9.17) is 28.3 Å². The van der Waals surface area contributed by atoms with Gasteiger partial charge in [-0.3, -0.25) is 0 Å². The van der Waals surface area contributed by atoms with Crippen molar-refractivity contribution in [2.45, 2.75) is 26.4 Å². The van der Waals surface area contributed by atoms with Crippen LogP contribution in [0.1, 0.15) is 18.2 Å². The summed E-state index contributed by atoms with van der Waals surface area (Å²) in [6, 6.07) is 7.39. The summed E-state index contributed by atoms with van der Waals surface area (Å²) in [6.45, 7) is 4.46. The Bertz CT molecular complexity index is 598. The van der Waals surface area contributed by atoms with Crippen molar-refractivity contribution in [3.63, 3.8) is 0 Å². The maximum Gasteiger partial charge on any atom is 0.137 e. The predicted octanol–water partition coefficient (Wildman–Crippen LogP) is 2.96. The van der Waals surface area contributed by atoms with E-state index in [-0.39, 0.29) is 12.6 Å². The molecule has 0 saturated carbocycles. The number of aryl methyl sites for hydroxylation is 1. The predicted molar refractivity (Wildman–Crippen MR) is 81.7 cm³/mol. The summed E-state index contributed by atoms with van der Waals surface area (Å²) in [5.74, 6) is 0. The molecule has 20 heavy (non-hydrogen) atoms. The van der Waals surface area contributed by atoms with Gasteiger partial charge in [-0.05, 0) is 32.0 Å². The van der Waals surface area contributed by atoms with Gasteiger partial charge in [-0.25, -0.2) is 4.68 Å². The van der Waals surface area contributed by atoms with E-state index < -0.39 is 0 Å². The van der Waals surface area contributed by atoms with E-state index in [2.05, 4.69) is 10.4 Å². The fraction of sp³-hybridized carbons (Fsp3) is 0.357. The van der Waals surface area contributed by atoms with Crippen molar-refractivity contribution in [3.8, 4) is 5.69 Å². The maximum atomic E-state index is 9.03. The van der Waals surface area contributed by atoms with Gasteiger partial charge in [-0.2, -0.15) is 5.10 Å². The fourth-order valence-electron chi connectivity index (χ4n) is 1.85. The molecule has 0 bridgehead atoms. The van der Waals surface area contributed by atoms with Crippen LogP contribution in [0.3, 0.4) is 0 Å². The number of aliphatic hydroxyl groups is 1. The molecule has 0 amide bonds. The minimum absolute atomic E-state index is 0.0139. The SMILES string of the molecule is Cc1nn(-c2cccc(Cl)c2)c(Cl)c1CNC(C)CO. The van der Waals surface area contributed by atoms with Crippen LogP contribution < -0.4 is 5.32 Å². The minimum atomic E-state index is 0.0139. The van der Waals surface area contributed by atoms with Gasteiger partial charge >= 0.3 is 0 Å². The summed E-state index contributed by atoms with van der Waals surface area (Å²) >= 11 is 12.4. The van der Waals surface area contributed by atoms with Crippen molar-refractivity contribution in [1.29, 1.82) is 0 Å². The van der Waals surface area contributed by atoms with Crippen molar-refractivity contribution >= 4 is 23.2 Å². The van der Waals surface area contributed by atoms with Crippen LogP contribution in [0.4, 0.5) is 0 Å². The molecule has 0 spiro atoms. The quantitative estimate of drug-likeness (QED) is 0.892. The zero-order chi connectivity index (χ0) is 14.7. The van der Waals surface area contributed by atoms with E-state index in [1.54, 1.807) is 10.7 Å². The first kappa shape index (κ1) is 15.3. The van der Waals surface area contributed by atoms with Crippen molar-refractivity contribution in [1.82, 2.24) is 15.1 Å². The highest BCUT2D eigenvalue weighted by Crippen LogP contribution is 2.24. The van der Waals surface area contributed by atoms with Crippen molar-refractivity contribution in [3.05, 3.63) is 45.7 Å². The van der Waals surface area contributed by atoms with Gasteiger partial charge in [0.05, 0.1) is 18.0 Å². The van der Waals surface area contributed by atoms with Gasteiger partial charge in [-0.15, -0.1) is 0 Å². The van der Waals surface area contributed by atoms with Crippen LogP contribution in [-0.4, -0.2) is 27.5 Å². The Hall–Kier alpha value is -1.07. The zero-order valence-electron chi connectivity index (χ0n) is 11.4. The highest BCUT2D eigenvalue weighted by Gasteiger charge is 2.15. The number of nitrogens with one attached hydrogen (secondary N) is 1. The molecule has 108 valence electrons. The van der Waals surface area contributed by atoms with Gasteiger partial charge in [0.15, 0.2) is 0 Å². The lowest BCUT2D eigenvalue weighted by Gasteiger charge is -2.10. The Morgan fingerprint density at radius 2 is 2.15 bits per heavy atom. The molecule has 0 aliphatic rings. The second-order valence-corrected chi connectivity index (χ2v) is 5.51. The lowest BCUT2D eigenvalue weighted by atomic mass is 10.2. The minimum Gasteiger partial charge on any atom is -0.395 e. The average Bonchev–Trinajstić information content (AvgIpc) is 2.71. The molecule has 1 aromatic carbocycles. The molecule has 2 aromatic rings. The summed E-state index contributed by atoms with van der Waals surface area (Å²) in [5, 5.41) is 17.9. The molecule has 6 heteroatoms. The number of nitrogens with zero attached hydrogens (tertiary/aromatic N) is 2. The largest absolute Gasteiger partial charge is 0.395 e. The third-order valence-electron chi connectivity index (χ3n) is 3.08. The molecular weight excluding hydrogens is 297 g/mol. The highest BCUT2D eigenvalue weighted by molar-refractivity contribution is 6.31. The molecule has 2 N–H and O–H groups in total. The third kappa shape index (κ3) is 3.33. The van der Waals surface area contributed by atoms with E-state index in [1.165, 1.54) is 0 Å². The van der Waals surface area contributed by atoms with Crippen LogP contribution in [0.2, 0.25) is 10.2 Å². The average molecular weight is 314 g/mol. The number of rotatable bonds is 5. The normalized spacial score (nSPS) is 12.7. The van der Waals surface area contributed by atoms with E-state index in [9.17, 15) is 0 Å². The van der Waals surface area contributed by atoms with Gasteiger partial charge < -0.3 is 10.4 Å². The first-order valence-electron chi connectivity index (χ1n) is 6.37. The second kappa shape index (κ2) is 6.59. The van der Waals surface area contributed by atoms with Crippen LogP contribution in [0.15, 0.2) is 24.3 Å². The number of aliphatic hydroxyl groups excluding tert-OH is 1. The van der Waals surface area contributed by atoms with Gasteiger partial charge in [0.2, 0.25) is 0 Å². The van der Waals surface area contributed by atoms with Gasteiger partial charge in [0.25, 0.3) is 0 Å². The van der Waals surface area contributed by atoms with Crippen LogP contribution >= 0.6 is 23.2 Å². The first-order chi connectivity index (χ1) is 9.52. The lowest BCUT2D eigenvalue weighted by Crippen LogP contribution is -2.28. The molecule has 0 aliphatic heterocycles. The van der Waals surface area contributed by atoms with E-state index in [0.717, 1.165) is 16.9 Å². The molecule has 1 unspecified atom stereocenters.